The Morgan fingerprint density at radius 1 is 1.35 bits per heavy atom. The molecular formula is C12H11Cl3N2. The molecule has 0 bridgehead atoms. The van der Waals surface area contributed by atoms with Crippen molar-refractivity contribution in [3.8, 4) is 0 Å². The molecule has 0 aromatic carbocycles. The van der Waals surface area contributed by atoms with Crippen LogP contribution in [-0.2, 0) is 3.79 Å². The fourth-order valence-electron chi connectivity index (χ4n) is 1.59. The summed E-state index contributed by atoms with van der Waals surface area (Å²) in [6, 6.07) is 1.70. The molecule has 2 rings (SSSR count). The van der Waals surface area contributed by atoms with Gasteiger partial charge in [-0.3, -0.25) is 0 Å². The molecule has 0 saturated carbocycles. The summed E-state index contributed by atoms with van der Waals surface area (Å²) in [5.41, 5.74) is 2.72. The van der Waals surface area contributed by atoms with Gasteiger partial charge in [-0.25, -0.2) is 4.68 Å². The fraction of sp³-hybridized carbons (Fsp3) is 0.250. The van der Waals surface area contributed by atoms with Crippen molar-refractivity contribution >= 4 is 40.5 Å². The third-order valence-electron chi connectivity index (χ3n) is 2.46. The summed E-state index contributed by atoms with van der Waals surface area (Å²) in [5.74, 6) is 0. The van der Waals surface area contributed by atoms with E-state index in [0.717, 1.165) is 12.1 Å². The molecule has 2 nitrogen and oxygen atoms in total. The summed E-state index contributed by atoms with van der Waals surface area (Å²) in [4.78, 5) is 0. The second-order valence-corrected chi connectivity index (χ2v) is 6.11. The van der Waals surface area contributed by atoms with Gasteiger partial charge in [0.2, 0.25) is 3.79 Å². The van der Waals surface area contributed by atoms with E-state index in [1.165, 1.54) is 5.57 Å². The normalized spacial score (nSPS) is 16.5. The summed E-state index contributed by atoms with van der Waals surface area (Å²) >= 11 is 17.7. The molecule has 0 radical (unpaired) electrons. The average Bonchev–Trinajstić information content (AvgIpc) is 2.63. The van der Waals surface area contributed by atoms with Crippen molar-refractivity contribution in [1.29, 1.82) is 0 Å². The number of rotatable bonds is 1. The smallest absolute Gasteiger partial charge is 0.232 e. The number of halogens is 3. The van der Waals surface area contributed by atoms with E-state index in [4.69, 9.17) is 34.8 Å². The molecule has 90 valence electrons. The molecular weight excluding hydrogens is 279 g/mol. The summed E-state index contributed by atoms with van der Waals surface area (Å²) in [6.07, 6.45) is 10.5. The zero-order valence-corrected chi connectivity index (χ0v) is 11.5. The molecule has 0 spiro atoms. The molecule has 0 aliphatic heterocycles. The van der Waals surface area contributed by atoms with E-state index in [9.17, 15) is 0 Å². The predicted octanol–water partition coefficient (Wildman–Crippen LogP) is 4.46. The van der Waals surface area contributed by atoms with E-state index in [1.54, 1.807) is 16.9 Å². The quantitative estimate of drug-likeness (QED) is 0.698. The molecule has 0 N–H and O–H groups in total. The molecule has 0 fully saturated rings. The lowest BCUT2D eigenvalue weighted by atomic mass is 10.2. The highest BCUT2D eigenvalue weighted by molar-refractivity contribution is 6.66. The number of alkyl halides is 3. The van der Waals surface area contributed by atoms with Crippen LogP contribution in [0.25, 0.3) is 5.70 Å². The molecule has 17 heavy (non-hydrogen) atoms. The first-order valence-electron chi connectivity index (χ1n) is 5.14. The van der Waals surface area contributed by atoms with Crippen molar-refractivity contribution in [3.05, 3.63) is 47.8 Å². The lowest BCUT2D eigenvalue weighted by Gasteiger charge is -2.14. The van der Waals surface area contributed by atoms with Crippen LogP contribution in [0.1, 0.15) is 19.0 Å². The molecule has 1 aliphatic rings. The minimum absolute atomic E-state index is 0.540. The van der Waals surface area contributed by atoms with Crippen LogP contribution in [0, 0.1) is 0 Å². The largest absolute Gasteiger partial charge is 0.234 e. The summed E-state index contributed by atoms with van der Waals surface area (Å²) < 4.78 is 0.176. The average molecular weight is 290 g/mol. The van der Waals surface area contributed by atoms with Crippen molar-refractivity contribution in [2.45, 2.75) is 17.1 Å². The standard InChI is InChI=1S/C12H11Cl3N2/c1-9-3-2-4-10(6-5-9)17-11(7-8-16-17)12(13,14)15/h2-4,6-8H,5H2,1H3. The van der Waals surface area contributed by atoms with E-state index in [0.29, 0.717) is 5.69 Å². The Morgan fingerprint density at radius 3 is 2.82 bits per heavy atom. The Bertz CT molecular complexity index is 504. The first-order valence-corrected chi connectivity index (χ1v) is 6.27. The van der Waals surface area contributed by atoms with E-state index >= 15 is 0 Å². The first-order chi connectivity index (χ1) is 7.98. The SMILES string of the molecule is CC1=CC=CC(n2nccc2C(Cl)(Cl)Cl)=CC1. The van der Waals surface area contributed by atoms with Crippen molar-refractivity contribution < 1.29 is 0 Å². The lowest BCUT2D eigenvalue weighted by Crippen LogP contribution is -2.10. The maximum absolute atomic E-state index is 5.90. The van der Waals surface area contributed by atoms with Crippen molar-refractivity contribution in [2.24, 2.45) is 0 Å². The maximum atomic E-state index is 5.90. The second kappa shape index (κ2) is 4.89. The van der Waals surface area contributed by atoms with Gasteiger partial charge in [0.25, 0.3) is 0 Å². The zero-order valence-electron chi connectivity index (χ0n) is 9.20. The topological polar surface area (TPSA) is 17.8 Å². The monoisotopic (exact) mass is 288 g/mol. The number of allylic oxidation sites excluding steroid dienone is 6. The Labute approximate surface area is 115 Å². The van der Waals surface area contributed by atoms with Gasteiger partial charge in [-0.2, -0.15) is 5.10 Å². The van der Waals surface area contributed by atoms with Crippen molar-refractivity contribution in [3.63, 3.8) is 0 Å². The number of aromatic nitrogens is 2. The van der Waals surface area contributed by atoms with Crippen LogP contribution in [0.15, 0.2) is 42.1 Å². The fourth-order valence-corrected chi connectivity index (χ4v) is 2.02. The predicted molar refractivity (Wildman–Crippen MR) is 73.3 cm³/mol. The van der Waals surface area contributed by atoms with Crippen LogP contribution in [0.5, 0.6) is 0 Å². The Kier molecular flexibility index (Phi) is 3.67. The van der Waals surface area contributed by atoms with Gasteiger partial charge in [0.1, 0.15) is 0 Å². The third-order valence-corrected chi connectivity index (χ3v) is 3.04. The van der Waals surface area contributed by atoms with Crippen molar-refractivity contribution in [1.82, 2.24) is 9.78 Å². The number of hydrogen-bond acceptors (Lipinski definition) is 1. The lowest BCUT2D eigenvalue weighted by molar-refractivity contribution is 0.844. The Hall–Kier alpha value is -0.700. The van der Waals surface area contributed by atoms with E-state index < -0.39 is 3.79 Å². The molecule has 1 aromatic rings. The zero-order chi connectivity index (χ0) is 12.5. The highest BCUT2D eigenvalue weighted by Crippen LogP contribution is 2.39. The molecule has 5 heteroatoms. The minimum Gasteiger partial charge on any atom is -0.234 e. The van der Waals surface area contributed by atoms with Gasteiger partial charge in [-0.15, -0.1) is 0 Å². The maximum Gasteiger partial charge on any atom is 0.232 e. The molecule has 0 unspecified atom stereocenters. The Morgan fingerprint density at radius 2 is 2.12 bits per heavy atom. The van der Waals surface area contributed by atoms with Crippen molar-refractivity contribution in [2.75, 3.05) is 0 Å². The van der Waals surface area contributed by atoms with Crippen LogP contribution in [0.3, 0.4) is 0 Å². The highest BCUT2D eigenvalue weighted by atomic mass is 35.6. The molecule has 0 atom stereocenters. The van der Waals surface area contributed by atoms with E-state index in [1.807, 2.05) is 12.2 Å². The van der Waals surface area contributed by atoms with Gasteiger partial charge in [0.05, 0.1) is 11.4 Å². The second-order valence-electron chi connectivity index (χ2n) is 3.83. The Balaban J connectivity index is 2.40. The molecule has 0 saturated heterocycles. The third kappa shape index (κ3) is 2.95. The van der Waals surface area contributed by atoms with E-state index in [-0.39, 0.29) is 0 Å². The number of hydrogen-bond donors (Lipinski definition) is 0. The van der Waals surface area contributed by atoms with Gasteiger partial charge in [0, 0.05) is 6.20 Å². The van der Waals surface area contributed by atoms with Crippen LogP contribution in [0.4, 0.5) is 0 Å². The van der Waals surface area contributed by atoms with Crippen LogP contribution in [0.2, 0.25) is 0 Å². The van der Waals surface area contributed by atoms with Gasteiger partial charge < -0.3 is 0 Å². The summed E-state index contributed by atoms with van der Waals surface area (Å²) in [6.45, 7) is 2.07. The van der Waals surface area contributed by atoms with Crippen LogP contribution in [-0.4, -0.2) is 9.78 Å². The molecule has 0 amide bonds. The van der Waals surface area contributed by atoms with Crippen LogP contribution >= 0.6 is 34.8 Å². The minimum atomic E-state index is -1.47. The van der Waals surface area contributed by atoms with Gasteiger partial charge in [-0.05, 0) is 25.5 Å². The molecule has 1 heterocycles. The summed E-state index contributed by atoms with van der Waals surface area (Å²) in [7, 11) is 0. The molecule has 1 aliphatic carbocycles. The number of nitrogens with zero attached hydrogens (tertiary/aromatic N) is 2. The van der Waals surface area contributed by atoms with Gasteiger partial charge >= 0.3 is 0 Å². The molecule has 1 aromatic heterocycles. The van der Waals surface area contributed by atoms with Gasteiger partial charge in [0.15, 0.2) is 0 Å². The van der Waals surface area contributed by atoms with E-state index in [2.05, 4.69) is 24.2 Å². The van der Waals surface area contributed by atoms with Gasteiger partial charge in [-0.1, -0.05) is 58.6 Å². The first kappa shape index (κ1) is 12.7. The summed E-state index contributed by atoms with van der Waals surface area (Å²) in [5, 5.41) is 4.19. The highest BCUT2D eigenvalue weighted by Gasteiger charge is 2.27. The van der Waals surface area contributed by atoms with Crippen LogP contribution < -0.4 is 0 Å².